The molecule has 0 aromatic carbocycles. The predicted octanol–water partition coefficient (Wildman–Crippen LogP) is 3.57. The van der Waals surface area contributed by atoms with E-state index in [1.165, 1.54) is 32.1 Å². The van der Waals surface area contributed by atoms with Gasteiger partial charge < -0.3 is 7.85 Å². The Bertz CT molecular complexity index is 116. The maximum absolute atomic E-state index is 2.99. The van der Waals surface area contributed by atoms with Crippen molar-refractivity contribution < 1.29 is 27.6 Å². The molecular formula is C11H17Zr-. The van der Waals surface area contributed by atoms with Crippen LogP contribution in [0.5, 0.6) is 0 Å². The van der Waals surface area contributed by atoms with Gasteiger partial charge in [0.2, 0.25) is 0 Å². The van der Waals surface area contributed by atoms with Crippen molar-refractivity contribution in [1.29, 1.82) is 0 Å². The first-order valence-electron chi connectivity index (χ1n) is 4.53. The maximum Gasteiger partial charge on any atom is 2.00 e. The van der Waals surface area contributed by atoms with Crippen molar-refractivity contribution in [2.75, 3.05) is 0 Å². The average Bonchev–Trinajstić information content (AvgIpc) is 2.64. The van der Waals surface area contributed by atoms with E-state index in [9.17, 15) is 0 Å². The summed E-state index contributed by atoms with van der Waals surface area (Å²) in [6.07, 6.45) is 19.5. The molecule has 12 heavy (non-hydrogen) atoms. The van der Waals surface area contributed by atoms with Crippen LogP contribution in [0.3, 0.4) is 0 Å². The van der Waals surface area contributed by atoms with Crippen molar-refractivity contribution >= 4 is 0 Å². The fraction of sp³-hybridized carbons (Fsp3) is 0.545. The molecule has 1 saturated carbocycles. The SMILES string of the molecule is [C-]1=CC=CC1.[CH-]1CCCCC1.[H-].[Zr+2]. The Morgan fingerprint density at radius 2 is 1.92 bits per heavy atom. The van der Waals surface area contributed by atoms with Crippen LogP contribution in [-0.2, 0) is 26.2 Å². The molecule has 0 heterocycles. The molecule has 66 valence electrons. The van der Waals surface area contributed by atoms with Crippen molar-refractivity contribution in [3.63, 3.8) is 0 Å². The van der Waals surface area contributed by atoms with Gasteiger partial charge in [-0.3, -0.25) is 6.08 Å². The Labute approximate surface area is 96.7 Å². The normalized spacial score (nSPS) is 19.3. The Kier molecular flexibility index (Phi) is 9.74. The van der Waals surface area contributed by atoms with E-state index in [0.29, 0.717) is 0 Å². The fourth-order valence-electron chi connectivity index (χ4n) is 1.24. The second-order valence-electron chi connectivity index (χ2n) is 2.93. The monoisotopic (exact) mass is 239 g/mol. The molecule has 0 amide bonds. The second-order valence-corrected chi connectivity index (χ2v) is 2.93. The van der Waals surface area contributed by atoms with Crippen LogP contribution < -0.4 is 0 Å². The Morgan fingerprint density at radius 1 is 1.17 bits per heavy atom. The van der Waals surface area contributed by atoms with E-state index in [0.717, 1.165) is 6.42 Å². The summed E-state index contributed by atoms with van der Waals surface area (Å²) in [6, 6.07) is 0. The van der Waals surface area contributed by atoms with Crippen LogP contribution in [-0.4, -0.2) is 0 Å². The first-order chi connectivity index (χ1) is 5.50. The summed E-state index contributed by atoms with van der Waals surface area (Å²) < 4.78 is 0. The Hall–Kier alpha value is 0.363. The summed E-state index contributed by atoms with van der Waals surface area (Å²) in [5.74, 6) is 0. The molecule has 0 nitrogen and oxygen atoms in total. The van der Waals surface area contributed by atoms with Crippen LogP contribution in [0.15, 0.2) is 18.2 Å². The van der Waals surface area contributed by atoms with Gasteiger partial charge in [-0.05, 0) is 0 Å². The minimum Gasteiger partial charge on any atom is -1.00 e. The Morgan fingerprint density at radius 3 is 2.08 bits per heavy atom. The third-order valence-corrected chi connectivity index (χ3v) is 1.90. The molecule has 0 aliphatic heterocycles. The van der Waals surface area contributed by atoms with E-state index in [-0.39, 0.29) is 27.6 Å². The van der Waals surface area contributed by atoms with Crippen LogP contribution in [0.25, 0.3) is 0 Å². The topological polar surface area (TPSA) is 0 Å². The predicted molar refractivity (Wildman–Crippen MR) is 50.1 cm³/mol. The quantitative estimate of drug-likeness (QED) is 0.568. The van der Waals surface area contributed by atoms with Crippen molar-refractivity contribution in [1.82, 2.24) is 0 Å². The minimum atomic E-state index is 0. The summed E-state index contributed by atoms with van der Waals surface area (Å²) in [7, 11) is 0. The molecule has 0 aromatic heterocycles. The van der Waals surface area contributed by atoms with Gasteiger partial charge in [0.1, 0.15) is 0 Å². The van der Waals surface area contributed by atoms with Crippen LogP contribution in [0, 0.1) is 12.5 Å². The van der Waals surface area contributed by atoms with Crippen molar-refractivity contribution in [3.8, 4) is 0 Å². The largest absolute Gasteiger partial charge is 2.00 e. The third-order valence-electron chi connectivity index (χ3n) is 1.90. The molecule has 0 unspecified atom stereocenters. The molecule has 0 saturated heterocycles. The van der Waals surface area contributed by atoms with Gasteiger partial charge >= 0.3 is 26.2 Å². The van der Waals surface area contributed by atoms with Gasteiger partial charge in [0.25, 0.3) is 0 Å². The molecule has 0 N–H and O–H groups in total. The van der Waals surface area contributed by atoms with Crippen molar-refractivity contribution in [3.05, 3.63) is 30.7 Å². The van der Waals surface area contributed by atoms with Gasteiger partial charge in [-0.1, -0.05) is 19.3 Å². The van der Waals surface area contributed by atoms with Crippen molar-refractivity contribution in [2.45, 2.75) is 38.5 Å². The van der Waals surface area contributed by atoms with Gasteiger partial charge in [-0.2, -0.15) is 18.9 Å². The molecule has 2 aliphatic carbocycles. The summed E-state index contributed by atoms with van der Waals surface area (Å²) in [4.78, 5) is 0. The number of rotatable bonds is 0. The third kappa shape index (κ3) is 7.04. The molecule has 0 aromatic rings. The fourth-order valence-corrected chi connectivity index (χ4v) is 1.24. The van der Waals surface area contributed by atoms with E-state index in [1.54, 1.807) is 0 Å². The Balaban J connectivity index is 0. The van der Waals surface area contributed by atoms with Crippen LogP contribution in [0.2, 0.25) is 0 Å². The molecule has 0 radical (unpaired) electrons. The summed E-state index contributed by atoms with van der Waals surface area (Å²) in [5, 5.41) is 0. The van der Waals surface area contributed by atoms with E-state index < -0.39 is 0 Å². The van der Waals surface area contributed by atoms with E-state index in [1.807, 2.05) is 12.2 Å². The number of allylic oxidation sites excluding steroid dienone is 4. The van der Waals surface area contributed by atoms with Gasteiger partial charge in [0.05, 0.1) is 0 Å². The second kappa shape index (κ2) is 9.45. The van der Waals surface area contributed by atoms with Gasteiger partial charge in [-0.15, -0.1) is 6.42 Å². The molecule has 0 spiro atoms. The zero-order valence-corrected chi connectivity index (χ0v) is 10.0. The molecule has 1 fully saturated rings. The van der Waals surface area contributed by atoms with Crippen LogP contribution in [0.4, 0.5) is 0 Å². The van der Waals surface area contributed by atoms with Crippen LogP contribution >= 0.6 is 0 Å². The average molecular weight is 240 g/mol. The number of hydrogen-bond donors (Lipinski definition) is 0. The van der Waals surface area contributed by atoms with E-state index in [2.05, 4.69) is 18.6 Å². The molecule has 1 heteroatoms. The van der Waals surface area contributed by atoms with E-state index in [4.69, 9.17) is 0 Å². The molecule has 2 aliphatic rings. The standard InChI is InChI=1S/C6H11.C5H5.Zr.H/c1-2-4-6-5-3-1;1-2-4-5-3-1;;/h1H,2-6H2;1-3H,4H2;;/q2*-1;+2;-1. The maximum atomic E-state index is 2.99. The van der Waals surface area contributed by atoms with Crippen LogP contribution in [0.1, 0.15) is 40.0 Å². The molecule has 0 bridgehead atoms. The first-order valence-corrected chi connectivity index (χ1v) is 4.53. The smallest absolute Gasteiger partial charge is 1.00 e. The first kappa shape index (κ1) is 12.4. The van der Waals surface area contributed by atoms with E-state index >= 15 is 0 Å². The summed E-state index contributed by atoms with van der Waals surface area (Å²) in [5.41, 5.74) is 0. The van der Waals surface area contributed by atoms with Gasteiger partial charge in [0, 0.05) is 0 Å². The zero-order chi connectivity index (χ0) is 7.78. The van der Waals surface area contributed by atoms with Crippen molar-refractivity contribution in [2.24, 2.45) is 0 Å². The molecule has 0 atom stereocenters. The number of hydrogen-bond acceptors (Lipinski definition) is 0. The summed E-state index contributed by atoms with van der Waals surface area (Å²) >= 11 is 0. The minimum absolute atomic E-state index is 0. The van der Waals surface area contributed by atoms with Gasteiger partial charge in [0.15, 0.2) is 0 Å². The van der Waals surface area contributed by atoms with Gasteiger partial charge in [-0.25, -0.2) is 12.2 Å². The zero-order valence-electron chi connectivity index (χ0n) is 8.55. The molecule has 2 rings (SSSR count). The molecular weight excluding hydrogens is 223 g/mol. The summed E-state index contributed by atoms with van der Waals surface area (Å²) in [6.45, 7) is 0.